The number of carbonyl (C=O) groups is 1. The van der Waals surface area contributed by atoms with E-state index in [-0.39, 0.29) is 24.7 Å². The van der Waals surface area contributed by atoms with Crippen LogP contribution in [0.5, 0.6) is 5.75 Å². The minimum atomic E-state index is -0.604. The molecule has 1 N–H and O–H groups in total. The van der Waals surface area contributed by atoms with Gasteiger partial charge in [0.1, 0.15) is 24.1 Å². The van der Waals surface area contributed by atoms with E-state index in [0.29, 0.717) is 19.6 Å². The van der Waals surface area contributed by atoms with Gasteiger partial charge in [0.2, 0.25) is 0 Å². The predicted molar refractivity (Wildman–Crippen MR) is 92.8 cm³/mol. The lowest BCUT2D eigenvalue weighted by Gasteiger charge is -2.36. The quantitative estimate of drug-likeness (QED) is 0.846. The van der Waals surface area contributed by atoms with Crippen LogP contribution in [0.4, 0.5) is 4.79 Å². The number of benzene rings is 1. The van der Waals surface area contributed by atoms with E-state index in [9.17, 15) is 9.90 Å². The standard InChI is InChI=1S/C19H27NO5/c1-19(2,3)25-18(22)20-9-8-16(17(21)10-20)13-4-6-14(7-5-13)23-11-15-12-24-15/h4-7,15-17,21H,8-12H2,1-3H3. The van der Waals surface area contributed by atoms with E-state index in [1.807, 2.05) is 45.0 Å². The van der Waals surface area contributed by atoms with Crippen molar-refractivity contribution in [2.45, 2.75) is 50.9 Å². The monoisotopic (exact) mass is 349 g/mol. The number of amides is 1. The fraction of sp³-hybridized carbons (Fsp3) is 0.632. The second-order valence-corrected chi connectivity index (χ2v) is 7.72. The zero-order valence-corrected chi connectivity index (χ0v) is 15.1. The lowest BCUT2D eigenvalue weighted by atomic mass is 9.87. The number of aliphatic hydroxyl groups excluding tert-OH is 1. The van der Waals surface area contributed by atoms with Crippen molar-refractivity contribution < 1.29 is 24.1 Å². The first-order valence-corrected chi connectivity index (χ1v) is 8.82. The molecular weight excluding hydrogens is 322 g/mol. The largest absolute Gasteiger partial charge is 0.491 e. The molecule has 1 aromatic carbocycles. The van der Waals surface area contributed by atoms with Crippen LogP contribution in [-0.2, 0) is 9.47 Å². The molecule has 1 amide bonds. The van der Waals surface area contributed by atoms with Gasteiger partial charge in [-0.2, -0.15) is 0 Å². The van der Waals surface area contributed by atoms with Crippen molar-refractivity contribution in [1.82, 2.24) is 4.90 Å². The van der Waals surface area contributed by atoms with E-state index in [4.69, 9.17) is 14.2 Å². The number of epoxide rings is 1. The number of carbonyl (C=O) groups excluding carboxylic acids is 1. The van der Waals surface area contributed by atoms with Gasteiger partial charge >= 0.3 is 6.09 Å². The molecule has 0 aliphatic carbocycles. The van der Waals surface area contributed by atoms with Gasteiger partial charge in [0.25, 0.3) is 0 Å². The van der Waals surface area contributed by atoms with Gasteiger partial charge in [-0.3, -0.25) is 0 Å². The molecular formula is C19H27NO5. The summed E-state index contributed by atoms with van der Waals surface area (Å²) >= 11 is 0. The number of ether oxygens (including phenoxy) is 3. The van der Waals surface area contributed by atoms with E-state index < -0.39 is 11.7 Å². The minimum absolute atomic E-state index is 0.0134. The summed E-state index contributed by atoms with van der Waals surface area (Å²) in [7, 11) is 0. The normalized spacial score (nSPS) is 26.2. The summed E-state index contributed by atoms with van der Waals surface area (Å²) in [5.41, 5.74) is 0.534. The number of rotatable bonds is 4. The van der Waals surface area contributed by atoms with Crippen LogP contribution in [0.15, 0.2) is 24.3 Å². The van der Waals surface area contributed by atoms with Crippen LogP contribution < -0.4 is 4.74 Å². The summed E-state index contributed by atoms with van der Waals surface area (Å²) in [5, 5.41) is 10.5. The second-order valence-electron chi connectivity index (χ2n) is 7.72. The highest BCUT2D eigenvalue weighted by molar-refractivity contribution is 5.68. The van der Waals surface area contributed by atoms with Crippen LogP contribution in [-0.4, -0.2) is 60.2 Å². The third-order valence-electron chi connectivity index (χ3n) is 4.38. The molecule has 0 bridgehead atoms. The third-order valence-corrected chi connectivity index (χ3v) is 4.38. The van der Waals surface area contributed by atoms with Crippen molar-refractivity contribution in [2.75, 3.05) is 26.3 Å². The summed E-state index contributed by atoms with van der Waals surface area (Å²) in [6.45, 7) is 7.74. The van der Waals surface area contributed by atoms with E-state index in [1.54, 1.807) is 4.90 Å². The van der Waals surface area contributed by atoms with Crippen LogP contribution in [0.1, 0.15) is 38.7 Å². The highest BCUT2D eigenvalue weighted by Crippen LogP contribution is 2.30. The third kappa shape index (κ3) is 5.09. The lowest BCUT2D eigenvalue weighted by Crippen LogP contribution is -2.47. The van der Waals surface area contributed by atoms with Gasteiger partial charge in [-0.1, -0.05) is 12.1 Å². The number of aliphatic hydroxyl groups is 1. The molecule has 6 heteroatoms. The van der Waals surface area contributed by atoms with Crippen molar-refractivity contribution in [3.63, 3.8) is 0 Å². The summed E-state index contributed by atoms with van der Waals surface area (Å²) in [5.74, 6) is 0.819. The number of likely N-dealkylation sites (tertiary alicyclic amines) is 1. The Morgan fingerprint density at radius 3 is 2.56 bits per heavy atom. The van der Waals surface area contributed by atoms with Crippen molar-refractivity contribution >= 4 is 6.09 Å². The lowest BCUT2D eigenvalue weighted by molar-refractivity contribution is -0.00152. The van der Waals surface area contributed by atoms with Gasteiger partial charge in [-0.25, -0.2) is 4.79 Å². The molecule has 2 heterocycles. The number of nitrogens with zero attached hydrogens (tertiary/aromatic N) is 1. The van der Waals surface area contributed by atoms with Gasteiger partial charge in [0.05, 0.1) is 19.3 Å². The molecule has 0 radical (unpaired) electrons. The van der Waals surface area contributed by atoms with Crippen molar-refractivity contribution in [1.29, 1.82) is 0 Å². The highest BCUT2D eigenvalue weighted by atomic mass is 16.6. The molecule has 2 aliphatic rings. The maximum Gasteiger partial charge on any atom is 0.410 e. The first kappa shape index (κ1) is 18.0. The van der Waals surface area contributed by atoms with Gasteiger partial charge in [-0.15, -0.1) is 0 Å². The van der Waals surface area contributed by atoms with Gasteiger partial charge in [-0.05, 0) is 44.9 Å². The molecule has 0 spiro atoms. The molecule has 3 atom stereocenters. The minimum Gasteiger partial charge on any atom is -0.491 e. The smallest absolute Gasteiger partial charge is 0.410 e. The van der Waals surface area contributed by atoms with Crippen LogP contribution in [0.2, 0.25) is 0 Å². The first-order valence-electron chi connectivity index (χ1n) is 8.82. The summed E-state index contributed by atoms with van der Waals surface area (Å²) in [6, 6.07) is 7.82. The van der Waals surface area contributed by atoms with Crippen molar-refractivity contribution in [3.8, 4) is 5.75 Å². The second kappa shape index (κ2) is 7.22. The first-order chi connectivity index (χ1) is 11.8. The maximum absolute atomic E-state index is 12.1. The van der Waals surface area contributed by atoms with Crippen LogP contribution >= 0.6 is 0 Å². The summed E-state index contributed by atoms with van der Waals surface area (Å²) < 4.78 is 16.1. The molecule has 1 aromatic rings. The number of piperidine rings is 1. The van der Waals surface area contributed by atoms with Gasteiger partial charge in [0, 0.05) is 12.5 Å². The molecule has 3 rings (SSSR count). The molecule has 0 aromatic heterocycles. The van der Waals surface area contributed by atoms with E-state index >= 15 is 0 Å². The Labute approximate surface area is 148 Å². The van der Waals surface area contributed by atoms with E-state index in [2.05, 4.69) is 0 Å². The van der Waals surface area contributed by atoms with Gasteiger partial charge < -0.3 is 24.2 Å². The fourth-order valence-electron chi connectivity index (χ4n) is 2.98. The van der Waals surface area contributed by atoms with Crippen LogP contribution in [0.25, 0.3) is 0 Å². The van der Waals surface area contributed by atoms with E-state index in [0.717, 1.165) is 17.9 Å². The Kier molecular flexibility index (Phi) is 5.20. The molecule has 6 nitrogen and oxygen atoms in total. The molecule has 2 fully saturated rings. The Balaban J connectivity index is 1.54. The average molecular weight is 349 g/mol. The van der Waals surface area contributed by atoms with Crippen molar-refractivity contribution in [3.05, 3.63) is 29.8 Å². The maximum atomic E-state index is 12.1. The molecule has 2 aliphatic heterocycles. The molecule has 0 saturated carbocycles. The Morgan fingerprint density at radius 2 is 2.00 bits per heavy atom. The Bertz CT molecular complexity index is 591. The zero-order chi connectivity index (χ0) is 18.0. The fourth-order valence-corrected chi connectivity index (χ4v) is 2.98. The van der Waals surface area contributed by atoms with Gasteiger partial charge in [0.15, 0.2) is 0 Å². The number of β-amino-alcohol motifs (C(OH)–C–C–N with tert-alkyl or cyclic N) is 1. The highest BCUT2D eigenvalue weighted by Gasteiger charge is 2.33. The molecule has 25 heavy (non-hydrogen) atoms. The van der Waals surface area contributed by atoms with E-state index in [1.165, 1.54) is 0 Å². The summed E-state index contributed by atoms with van der Waals surface area (Å²) in [6.07, 6.45) is -0.0288. The topological polar surface area (TPSA) is 71.5 Å². The molecule has 3 unspecified atom stereocenters. The van der Waals surface area contributed by atoms with Crippen LogP contribution in [0, 0.1) is 0 Å². The molecule has 138 valence electrons. The zero-order valence-electron chi connectivity index (χ0n) is 15.1. The number of hydrogen-bond acceptors (Lipinski definition) is 5. The van der Waals surface area contributed by atoms with Crippen molar-refractivity contribution in [2.24, 2.45) is 0 Å². The number of hydrogen-bond donors (Lipinski definition) is 1. The summed E-state index contributed by atoms with van der Waals surface area (Å²) in [4.78, 5) is 13.7. The average Bonchev–Trinajstić information content (AvgIpc) is 3.36. The SMILES string of the molecule is CC(C)(C)OC(=O)N1CCC(c2ccc(OCC3CO3)cc2)C(O)C1. The predicted octanol–water partition coefficient (Wildman–Crippen LogP) is 2.55. The molecule has 2 saturated heterocycles. The Hall–Kier alpha value is -1.79. The Morgan fingerprint density at radius 1 is 1.32 bits per heavy atom. The van der Waals surface area contributed by atoms with Crippen LogP contribution in [0.3, 0.4) is 0 Å².